The van der Waals surface area contributed by atoms with Crippen LogP contribution in [0, 0.1) is 0 Å². The fourth-order valence-corrected chi connectivity index (χ4v) is 3.52. The van der Waals surface area contributed by atoms with Crippen molar-refractivity contribution in [3.8, 4) is 0 Å². The molecule has 0 bridgehead atoms. The summed E-state index contributed by atoms with van der Waals surface area (Å²) in [5, 5.41) is 3.84. The number of carbonyl (C=O) groups is 1. The molecule has 104 valence electrons. The number of hydrogen-bond donors (Lipinski definition) is 2. The summed E-state index contributed by atoms with van der Waals surface area (Å²) in [6.07, 6.45) is 4.43. The van der Waals surface area contributed by atoms with Crippen molar-refractivity contribution in [2.75, 3.05) is 11.1 Å². The van der Waals surface area contributed by atoms with E-state index in [9.17, 15) is 4.79 Å². The van der Waals surface area contributed by atoms with Crippen LogP contribution in [0.1, 0.15) is 33.8 Å². The van der Waals surface area contributed by atoms with Crippen molar-refractivity contribution < 1.29 is 4.79 Å². The van der Waals surface area contributed by atoms with Crippen LogP contribution in [-0.2, 0) is 12.8 Å². The average Bonchev–Trinajstić information content (AvgIpc) is 2.83. The van der Waals surface area contributed by atoms with Crippen molar-refractivity contribution in [1.29, 1.82) is 0 Å². The number of aryl methyl sites for hydroxylation is 2. The maximum absolute atomic E-state index is 12.2. The van der Waals surface area contributed by atoms with E-state index in [2.05, 4.69) is 10.3 Å². The van der Waals surface area contributed by atoms with Gasteiger partial charge >= 0.3 is 0 Å². The van der Waals surface area contributed by atoms with Crippen LogP contribution in [0.5, 0.6) is 0 Å². The number of nitrogens with two attached hydrogens (primary N) is 1. The van der Waals surface area contributed by atoms with Crippen molar-refractivity contribution in [3.63, 3.8) is 0 Å². The molecule has 1 aromatic carbocycles. The number of benzene rings is 1. The van der Waals surface area contributed by atoms with Gasteiger partial charge < -0.3 is 5.73 Å². The Hall–Kier alpha value is -1.59. The molecule has 0 radical (unpaired) electrons. The van der Waals surface area contributed by atoms with Gasteiger partial charge in [-0.2, -0.15) is 0 Å². The number of anilines is 2. The van der Waals surface area contributed by atoms with Gasteiger partial charge in [-0.1, -0.05) is 17.7 Å². The topological polar surface area (TPSA) is 68.0 Å². The summed E-state index contributed by atoms with van der Waals surface area (Å²) < 4.78 is 0. The first-order valence-electron chi connectivity index (χ1n) is 6.49. The molecule has 0 atom stereocenters. The number of hydrogen-bond acceptors (Lipinski definition) is 4. The summed E-state index contributed by atoms with van der Waals surface area (Å²) in [4.78, 5) is 18.0. The second-order valence-corrected chi connectivity index (χ2v) is 6.24. The molecule has 3 N–H and O–H groups in total. The van der Waals surface area contributed by atoms with E-state index in [0.29, 0.717) is 21.4 Å². The number of halogens is 1. The van der Waals surface area contributed by atoms with Gasteiger partial charge in [0.25, 0.3) is 5.91 Å². The fourth-order valence-electron chi connectivity index (χ4n) is 2.30. The summed E-state index contributed by atoms with van der Waals surface area (Å²) >= 11 is 7.48. The Bertz CT molecular complexity index is 645. The number of nitrogens with zero attached hydrogens (tertiary/aromatic N) is 1. The van der Waals surface area contributed by atoms with Gasteiger partial charge in [-0.3, -0.25) is 10.1 Å². The molecule has 3 rings (SSSR count). The van der Waals surface area contributed by atoms with Gasteiger partial charge in [-0.15, -0.1) is 11.3 Å². The van der Waals surface area contributed by atoms with Crippen LogP contribution in [0.25, 0.3) is 0 Å². The van der Waals surface area contributed by atoms with Gasteiger partial charge in [0.05, 0.1) is 22.0 Å². The van der Waals surface area contributed by atoms with E-state index in [0.717, 1.165) is 18.5 Å². The van der Waals surface area contributed by atoms with Gasteiger partial charge in [0.15, 0.2) is 5.13 Å². The molecule has 1 heterocycles. The van der Waals surface area contributed by atoms with Crippen molar-refractivity contribution in [2.45, 2.75) is 25.7 Å². The Labute approximate surface area is 126 Å². The standard InChI is InChI=1S/C14H14ClN3OS/c15-9-5-3-4-8(12(9)16)13(19)18-14-17-10-6-1-2-7-11(10)20-14/h3-5H,1-2,6-7,16H2,(H,17,18,19). The highest BCUT2D eigenvalue weighted by atomic mass is 35.5. The summed E-state index contributed by atoms with van der Waals surface area (Å²) in [6.45, 7) is 0. The first kappa shape index (κ1) is 13.4. The minimum absolute atomic E-state index is 0.268. The second kappa shape index (κ2) is 5.42. The van der Waals surface area contributed by atoms with Crippen LogP contribution in [-0.4, -0.2) is 10.9 Å². The van der Waals surface area contributed by atoms with Crippen LogP contribution < -0.4 is 11.1 Å². The van der Waals surface area contributed by atoms with Crippen LogP contribution >= 0.6 is 22.9 Å². The number of thiazole rings is 1. The summed E-state index contributed by atoms with van der Waals surface area (Å²) in [5.41, 5.74) is 7.63. The van der Waals surface area contributed by atoms with Gasteiger partial charge in [0.1, 0.15) is 0 Å². The summed E-state index contributed by atoms with van der Waals surface area (Å²) in [6, 6.07) is 5.03. The van der Waals surface area contributed by atoms with E-state index in [4.69, 9.17) is 17.3 Å². The third-order valence-electron chi connectivity index (χ3n) is 3.36. The quantitative estimate of drug-likeness (QED) is 0.834. The van der Waals surface area contributed by atoms with Gasteiger partial charge in [-0.25, -0.2) is 4.98 Å². The molecule has 6 heteroatoms. The third kappa shape index (κ3) is 2.51. The molecule has 0 saturated heterocycles. The lowest BCUT2D eigenvalue weighted by atomic mass is 10.0. The van der Waals surface area contributed by atoms with Crippen LogP contribution in [0.4, 0.5) is 10.8 Å². The summed E-state index contributed by atoms with van der Waals surface area (Å²) in [5.74, 6) is -0.268. The Morgan fingerprint density at radius 2 is 2.15 bits per heavy atom. The number of fused-ring (bicyclic) bond motifs is 1. The molecule has 1 aromatic heterocycles. The highest BCUT2D eigenvalue weighted by Gasteiger charge is 2.18. The first-order valence-corrected chi connectivity index (χ1v) is 7.68. The SMILES string of the molecule is Nc1c(Cl)cccc1C(=O)Nc1nc2c(s1)CCCC2. The highest BCUT2D eigenvalue weighted by molar-refractivity contribution is 7.15. The van der Waals surface area contributed by atoms with Gasteiger partial charge in [-0.05, 0) is 37.8 Å². The van der Waals surface area contributed by atoms with E-state index in [-0.39, 0.29) is 5.91 Å². The Balaban J connectivity index is 1.82. The summed E-state index contributed by atoms with van der Waals surface area (Å²) in [7, 11) is 0. The first-order chi connectivity index (χ1) is 9.65. The zero-order chi connectivity index (χ0) is 14.1. The number of amides is 1. The van der Waals surface area contributed by atoms with Crippen molar-refractivity contribution in [1.82, 2.24) is 4.98 Å². The third-order valence-corrected chi connectivity index (χ3v) is 4.77. The molecular formula is C14H14ClN3OS. The zero-order valence-electron chi connectivity index (χ0n) is 10.8. The van der Waals surface area contributed by atoms with E-state index in [1.807, 2.05) is 0 Å². The molecule has 0 fully saturated rings. The van der Waals surface area contributed by atoms with Crippen LogP contribution in [0.2, 0.25) is 5.02 Å². The lowest BCUT2D eigenvalue weighted by molar-refractivity contribution is 0.102. The number of carbonyl (C=O) groups excluding carboxylic acids is 1. The van der Waals surface area contributed by atoms with E-state index < -0.39 is 0 Å². The molecule has 1 aliphatic rings. The number of para-hydroxylation sites is 1. The number of rotatable bonds is 2. The van der Waals surface area contributed by atoms with Crippen LogP contribution in [0.3, 0.4) is 0 Å². The minimum Gasteiger partial charge on any atom is -0.397 e. The number of aromatic nitrogens is 1. The normalized spacial score (nSPS) is 13.8. The molecule has 2 aromatic rings. The minimum atomic E-state index is -0.268. The maximum Gasteiger partial charge on any atom is 0.259 e. The van der Waals surface area contributed by atoms with Crippen LogP contribution in [0.15, 0.2) is 18.2 Å². The molecule has 0 aliphatic heterocycles. The molecule has 4 nitrogen and oxygen atoms in total. The molecular weight excluding hydrogens is 294 g/mol. The van der Waals surface area contributed by atoms with Crippen molar-refractivity contribution >= 4 is 39.7 Å². The van der Waals surface area contributed by atoms with E-state index in [1.165, 1.54) is 17.7 Å². The highest BCUT2D eigenvalue weighted by Crippen LogP contribution is 2.30. The molecule has 0 unspecified atom stereocenters. The Kier molecular flexibility index (Phi) is 3.63. The monoisotopic (exact) mass is 307 g/mol. The second-order valence-electron chi connectivity index (χ2n) is 4.75. The largest absolute Gasteiger partial charge is 0.397 e. The zero-order valence-corrected chi connectivity index (χ0v) is 12.4. The molecule has 1 amide bonds. The smallest absolute Gasteiger partial charge is 0.259 e. The Morgan fingerprint density at radius 3 is 2.95 bits per heavy atom. The number of nitrogens with one attached hydrogen (secondary N) is 1. The van der Waals surface area contributed by atoms with Crippen molar-refractivity contribution in [2.24, 2.45) is 0 Å². The molecule has 0 spiro atoms. The van der Waals surface area contributed by atoms with Crippen molar-refractivity contribution in [3.05, 3.63) is 39.4 Å². The lowest BCUT2D eigenvalue weighted by Gasteiger charge is -2.06. The van der Waals surface area contributed by atoms with Gasteiger partial charge in [0, 0.05) is 4.88 Å². The lowest BCUT2D eigenvalue weighted by Crippen LogP contribution is -2.14. The molecule has 0 saturated carbocycles. The predicted molar refractivity (Wildman–Crippen MR) is 82.6 cm³/mol. The number of nitrogen functional groups attached to an aromatic ring is 1. The Morgan fingerprint density at radius 1 is 1.35 bits per heavy atom. The van der Waals surface area contributed by atoms with E-state index >= 15 is 0 Å². The van der Waals surface area contributed by atoms with Gasteiger partial charge in [0.2, 0.25) is 0 Å². The predicted octanol–water partition coefficient (Wildman–Crippen LogP) is 3.51. The molecule has 1 aliphatic carbocycles. The fraction of sp³-hybridized carbons (Fsp3) is 0.286. The molecule has 20 heavy (non-hydrogen) atoms. The van der Waals surface area contributed by atoms with E-state index in [1.54, 1.807) is 29.5 Å². The average molecular weight is 308 g/mol. The maximum atomic E-state index is 12.2.